The topological polar surface area (TPSA) is 51.2 Å². The Labute approximate surface area is 209 Å². The molecule has 35 heavy (non-hydrogen) atoms. The highest BCUT2D eigenvalue weighted by molar-refractivity contribution is 5.49. The first kappa shape index (κ1) is 25.2. The number of methoxy groups -OCH3 is 1. The molecule has 1 saturated heterocycles. The SMILES string of the molecule is CCCCOc1ccc([C@](O)(c2ccccc2OC)[C@@H](CN2CCOCC2)c2ccccc2)cc1. The number of hydrogen-bond donors (Lipinski definition) is 1. The third-order valence-corrected chi connectivity index (χ3v) is 6.83. The van der Waals surface area contributed by atoms with Crippen LogP contribution in [0.5, 0.6) is 11.5 Å². The molecule has 1 aliphatic heterocycles. The number of benzene rings is 3. The van der Waals surface area contributed by atoms with E-state index in [4.69, 9.17) is 14.2 Å². The average Bonchev–Trinajstić information content (AvgIpc) is 2.93. The van der Waals surface area contributed by atoms with Crippen molar-refractivity contribution in [2.24, 2.45) is 0 Å². The Morgan fingerprint density at radius 2 is 1.63 bits per heavy atom. The summed E-state index contributed by atoms with van der Waals surface area (Å²) in [6.07, 6.45) is 2.11. The Morgan fingerprint density at radius 1 is 0.943 bits per heavy atom. The van der Waals surface area contributed by atoms with Crippen LogP contribution in [0.15, 0.2) is 78.9 Å². The van der Waals surface area contributed by atoms with Crippen molar-refractivity contribution in [1.82, 2.24) is 4.90 Å². The summed E-state index contributed by atoms with van der Waals surface area (Å²) in [7, 11) is 1.66. The second kappa shape index (κ2) is 12.2. The molecule has 1 fully saturated rings. The van der Waals surface area contributed by atoms with E-state index < -0.39 is 5.60 Å². The lowest BCUT2D eigenvalue weighted by molar-refractivity contribution is -0.000153. The molecular weight excluding hydrogens is 438 g/mol. The molecule has 0 amide bonds. The van der Waals surface area contributed by atoms with E-state index in [1.54, 1.807) is 7.11 Å². The van der Waals surface area contributed by atoms with Crippen LogP contribution in [0.25, 0.3) is 0 Å². The first-order valence-corrected chi connectivity index (χ1v) is 12.6. The number of unbranched alkanes of at least 4 members (excludes halogenated alkanes) is 1. The van der Waals surface area contributed by atoms with Crippen molar-refractivity contribution in [3.63, 3.8) is 0 Å². The number of hydrogen-bond acceptors (Lipinski definition) is 5. The molecule has 5 nitrogen and oxygen atoms in total. The summed E-state index contributed by atoms with van der Waals surface area (Å²) in [5, 5.41) is 12.8. The molecule has 0 aliphatic carbocycles. The fourth-order valence-electron chi connectivity index (χ4n) is 4.85. The third-order valence-electron chi connectivity index (χ3n) is 6.83. The fourth-order valence-corrected chi connectivity index (χ4v) is 4.85. The Bertz CT molecular complexity index is 1030. The fraction of sp³-hybridized carbons (Fsp3) is 0.400. The van der Waals surface area contributed by atoms with Gasteiger partial charge in [0.25, 0.3) is 0 Å². The summed E-state index contributed by atoms with van der Waals surface area (Å²) in [5.74, 6) is 1.25. The largest absolute Gasteiger partial charge is 0.496 e. The first-order chi connectivity index (χ1) is 17.2. The van der Waals surface area contributed by atoms with Crippen LogP contribution in [-0.4, -0.2) is 56.6 Å². The van der Waals surface area contributed by atoms with Crippen LogP contribution in [0.1, 0.15) is 42.4 Å². The molecule has 4 rings (SSSR count). The summed E-state index contributed by atoms with van der Waals surface area (Å²) in [5.41, 5.74) is 1.32. The normalized spacial score (nSPS) is 16.9. The van der Waals surface area contributed by atoms with Crippen molar-refractivity contribution in [2.75, 3.05) is 46.6 Å². The van der Waals surface area contributed by atoms with Gasteiger partial charge in [-0.2, -0.15) is 0 Å². The molecule has 3 aromatic rings. The molecule has 5 heteroatoms. The number of para-hydroxylation sites is 1. The summed E-state index contributed by atoms with van der Waals surface area (Å²) in [4.78, 5) is 2.38. The van der Waals surface area contributed by atoms with Gasteiger partial charge in [-0.25, -0.2) is 0 Å². The minimum atomic E-state index is -1.33. The molecule has 0 saturated carbocycles. The summed E-state index contributed by atoms with van der Waals surface area (Å²) in [6, 6.07) is 26.0. The van der Waals surface area contributed by atoms with Crippen molar-refractivity contribution in [3.8, 4) is 11.5 Å². The van der Waals surface area contributed by atoms with Gasteiger partial charge in [0.2, 0.25) is 0 Å². The molecule has 1 aliphatic rings. The van der Waals surface area contributed by atoms with Gasteiger partial charge in [0.05, 0.1) is 26.9 Å². The van der Waals surface area contributed by atoms with Crippen LogP contribution in [-0.2, 0) is 10.3 Å². The summed E-state index contributed by atoms with van der Waals surface area (Å²) >= 11 is 0. The zero-order chi connectivity index (χ0) is 24.5. The lowest BCUT2D eigenvalue weighted by Crippen LogP contribution is -2.45. The number of nitrogens with zero attached hydrogens (tertiary/aromatic N) is 1. The van der Waals surface area contributed by atoms with E-state index in [0.717, 1.165) is 48.4 Å². The molecule has 0 spiro atoms. The van der Waals surface area contributed by atoms with Crippen LogP contribution in [0.4, 0.5) is 0 Å². The van der Waals surface area contributed by atoms with Crippen molar-refractivity contribution >= 4 is 0 Å². The van der Waals surface area contributed by atoms with Gasteiger partial charge in [0.15, 0.2) is 0 Å². The van der Waals surface area contributed by atoms with Crippen molar-refractivity contribution in [3.05, 3.63) is 95.6 Å². The lowest BCUT2D eigenvalue weighted by Gasteiger charge is -2.41. The highest BCUT2D eigenvalue weighted by Crippen LogP contribution is 2.46. The predicted octanol–water partition coefficient (Wildman–Crippen LogP) is 5.23. The minimum Gasteiger partial charge on any atom is -0.496 e. The monoisotopic (exact) mass is 475 g/mol. The van der Waals surface area contributed by atoms with Gasteiger partial charge in [0.1, 0.15) is 17.1 Å². The molecule has 0 radical (unpaired) electrons. The van der Waals surface area contributed by atoms with Crippen molar-refractivity contribution in [2.45, 2.75) is 31.3 Å². The van der Waals surface area contributed by atoms with E-state index in [9.17, 15) is 5.11 Å². The average molecular weight is 476 g/mol. The molecule has 1 N–H and O–H groups in total. The lowest BCUT2D eigenvalue weighted by atomic mass is 9.72. The molecule has 2 atom stereocenters. The highest BCUT2D eigenvalue weighted by atomic mass is 16.5. The molecule has 3 aromatic carbocycles. The third kappa shape index (κ3) is 5.87. The number of ether oxygens (including phenoxy) is 3. The Morgan fingerprint density at radius 3 is 2.31 bits per heavy atom. The van der Waals surface area contributed by atoms with Crippen LogP contribution >= 0.6 is 0 Å². The van der Waals surface area contributed by atoms with Gasteiger partial charge in [-0.1, -0.05) is 74.0 Å². The van der Waals surface area contributed by atoms with Gasteiger partial charge >= 0.3 is 0 Å². The van der Waals surface area contributed by atoms with Gasteiger partial charge in [-0.3, -0.25) is 4.90 Å². The van der Waals surface area contributed by atoms with Crippen LogP contribution < -0.4 is 9.47 Å². The predicted molar refractivity (Wildman–Crippen MR) is 139 cm³/mol. The first-order valence-electron chi connectivity index (χ1n) is 12.6. The smallest absolute Gasteiger partial charge is 0.126 e. The Kier molecular flexibility index (Phi) is 8.80. The molecular formula is C30H37NO4. The summed E-state index contributed by atoms with van der Waals surface area (Å²) in [6.45, 7) is 6.63. The second-order valence-electron chi connectivity index (χ2n) is 9.07. The molecule has 1 heterocycles. The standard InChI is InChI=1S/C30H37NO4/c1-3-4-20-35-26-16-14-25(15-17-26)30(32,27-12-8-9-13-29(27)33-2)28(24-10-6-5-7-11-24)23-31-18-21-34-22-19-31/h5-17,28,32H,3-4,18-23H2,1-2H3/t28-,30-/m0/s1. The number of aliphatic hydroxyl groups is 1. The highest BCUT2D eigenvalue weighted by Gasteiger charge is 2.44. The number of rotatable bonds is 11. The van der Waals surface area contributed by atoms with Crippen LogP contribution in [0, 0.1) is 0 Å². The zero-order valence-corrected chi connectivity index (χ0v) is 20.9. The van der Waals surface area contributed by atoms with Gasteiger partial charge < -0.3 is 19.3 Å². The van der Waals surface area contributed by atoms with Crippen molar-refractivity contribution < 1.29 is 19.3 Å². The maximum absolute atomic E-state index is 12.8. The Balaban J connectivity index is 1.81. The van der Waals surface area contributed by atoms with Crippen LogP contribution in [0.2, 0.25) is 0 Å². The molecule has 0 bridgehead atoms. The Hall–Kier alpha value is -2.86. The number of morpholine rings is 1. The van der Waals surface area contributed by atoms with Gasteiger partial charge in [-0.15, -0.1) is 0 Å². The van der Waals surface area contributed by atoms with E-state index in [1.807, 2.05) is 66.7 Å². The zero-order valence-electron chi connectivity index (χ0n) is 20.9. The second-order valence-corrected chi connectivity index (χ2v) is 9.07. The maximum Gasteiger partial charge on any atom is 0.126 e. The van der Waals surface area contributed by atoms with E-state index >= 15 is 0 Å². The van der Waals surface area contributed by atoms with Crippen LogP contribution in [0.3, 0.4) is 0 Å². The minimum absolute atomic E-state index is 0.232. The molecule has 186 valence electrons. The van der Waals surface area contributed by atoms with Gasteiger partial charge in [0, 0.05) is 31.1 Å². The molecule has 0 aromatic heterocycles. The van der Waals surface area contributed by atoms with Crippen molar-refractivity contribution in [1.29, 1.82) is 0 Å². The quantitative estimate of drug-likeness (QED) is 0.385. The van der Waals surface area contributed by atoms with E-state index in [2.05, 4.69) is 24.0 Å². The maximum atomic E-state index is 12.8. The molecule has 0 unspecified atom stereocenters. The van der Waals surface area contributed by atoms with E-state index in [-0.39, 0.29) is 5.92 Å². The van der Waals surface area contributed by atoms with E-state index in [0.29, 0.717) is 32.1 Å². The van der Waals surface area contributed by atoms with E-state index in [1.165, 1.54) is 0 Å². The van der Waals surface area contributed by atoms with Gasteiger partial charge in [-0.05, 0) is 35.7 Å². The summed E-state index contributed by atoms with van der Waals surface area (Å²) < 4.78 is 17.3.